The van der Waals surface area contributed by atoms with Crippen molar-refractivity contribution >= 4 is 22.1 Å². The van der Waals surface area contributed by atoms with Crippen LogP contribution < -0.4 is 4.57 Å². The normalized spacial score (nSPS) is 11.8. The van der Waals surface area contributed by atoms with E-state index in [1.165, 1.54) is 22.4 Å². The smallest absolute Gasteiger partial charge is 0.227 e. The van der Waals surface area contributed by atoms with Crippen molar-refractivity contribution in [1.82, 2.24) is 4.98 Å². The predicted octanol–water partition coefficient (Wildman–Crippen LogP) is 5.60. The molecule has 0 N–H and O–H groups in total. The maximum Gasteiger partial charge on any atom is 0.227 e. The Bertz CT molecular complexity index is 1170. The third kappa shape index (κ3) is 3.01. The summed E-state index contributed by atoms with van der Waals surface area (Å²) in [6.45, 7) is 10.9. The molecule has 0 amide bonds. The Morgan fingerprint density at radius 3 is 2.48 bits per heavy atom. The molecule has 3 aromatic heterocycles. The highest BCUT2D eigenvalue weighted by atomic mass is 16.3. The van der Waals surface area contributed by atoms with Gasteiger partial charge in [-0.05, 0) is 56.4 Å². The average molecular weight is 359 g/mol. The summed E-state index contributed by atoms with van der Waals surface area (Å²) >= 11 is 0. The van der Waals surface area contributed by atoms with Gasteiger partial charge in [-0.25, -0.2) is 9.55 Å². The quantitative estimate of drug-likeness (QED) is 0.446. The number of furan rings is 1. The van der Waals surface area contributed by atoms with Gasteiger partial charge in [0, 0.05) is 28.1 Å². The van der Waals surface area contributed by atoms with E-state index in [-0.39, 0.29) is 0 Å². The van der Waals surface area contributed by atoms with Crippen LogP contribution in [0.5, 0.6) is 0 Å². The predicted molar refractivity (Wildman–Crippen MR) is 111 cm³/mol. The highest BCUT2D eigenvalue weighted by molar-refractivity contribution is 6.08. The molecule has 0 unspecified atom stereocenters. The van der Waals surface area contributed by atoms with E-state index in [1.54, 1.807) is 0 Å². The second-order valence-corrected chi connectivity index (χ2v) is 8.12. The molecule has 0 bridgehead atoms. The maximum atomic E-state index is 6.26. The standard InChI is InChI=1S/C24H27N2O/c1-14(2)11-18-13-26(6)21(12-16(18)4)22-15(3)7-9-19-20-10-8-17(5)25-24(20)27-23(19)22/h7-10,12-14H,11H2,1-6H3/q+1. The van der Waals surface area contributed by atoms with Gasteiger partial charge >= 0.3 is 0 Å². The van der Waals surface area contributed by atoms with Gasteiger partial charge in [-0.3, -0.25) is 0 Å². The van der Waals surface area contributed by atoms with Crippen LogP contribution in [0.1, 0.15) is 36.2 Å². The molecule has 3 nitrogen and oxygen atoms in total. The number of rotatable bonds is 3. The molecule has 4 aromatic rings. The molecule has 138 valence electrons. The van der Waals surface area contributed by atoms with Crippen LogP contribution in [-0.4, -0.2) is 4.98 Å². The molecule has 0 aliphatic heterocycles. The summed E-state index contributed by atoms with van der Waals surface area (Å²) in [5.74, 6) is 0.643. The summed E-state index contributed by atoms with van der Waals surface area (Å²) in [6.07, 6.45) is 3.37. The van der Waals surface area contributed by atoms with Crippen molar-refractivity contribution in [2.75, 3.05) is 0 Å². The van der Waals surface area contributed by atoms with E-state index < -0.39 is 0 Å². The number of hydrogen-bond donors (Lipinski definition) is 0. The molecule has 0 aliphatic rings. The van der Waals surface area contributed by atoms with E-state index in [4.69, 9.17) is 4.42 Å². The van der Waals surface area contributed by atoms with E-state index in [9.17, 15) is 0 Å². The van der Waals surface area contributed by atoms with E-state index in [0.29, 0.717) is 11.6 Å². The minimum absolute atomic E-state index is 0.643. The van der Waals surface area contributed by atoms with Crippen molar-refractivity contribution in [3.63, 3.8) is 0 Å². The zero-order valence-electron chi connectivity index (χ0n) is 17.1. The molecule has 0 spiro atoms. The Morgan fingerprint density at radius 1 is 1.00 bits per heavy atom. The number of fused-ring (bicyclic) bond motifs is 3. The summed E-state index contributed by atoms with van der Waals surface area (Å²) in [5, 5.41) is 2.20. The molecular weight excluding hydrogens is 332 g/mol. The molecule has 27 heavy (non-hydrogen) atoms. The largest absolute Gasteiger partial charge is 0.437 e. The first kappa shape index (κ1) is 17.7. The zero-order chi connectivity index (χ0) is 19.3. The first-order chi connectivity index (χ1) is 12.8. The van der Waals surface area contributed by atoms with Crippen LogP contribution in [0.3, 0.4) is 0 Å². The topological polar surface area (TPSA) is 29.9 Å². The number of pyridine rings is 2. The fourth-order valence-electron chi connectivity index (χ4n) is 3.94. The van der Waals surface area contributed by atoms with E-state index in [0.717, 1.165) is 34.0 Å². The lowest BCUT2D eigenvalue weighted by Crippen LogP contribution is -2.32. The van der Waals surface area contributed by atoms with E-state index in [2.05, 4.69) is 74.8 Å². The minimum atomic E-state index is 0.643. The van der Waals surface area contributed by atoms with Gasteiger partial charge in [0.25, 0.3) is 0 Å². The highest BCUT2D eigenvalue weighted by Gasteiger charge is 2.22. The van der Waals surface area contributed by atoms with Gasteiger partial charge in [-0.2, -0.15) is 0 Å². The first-order valence-electron chi connectivity index (χ1n) is 9.64. The van der Waals surface area contributed by atoms with Crippen LogP contribution in [0.25, 0.3) is 33.3 Å². The van der Waals surface area contributed by atoms with Crippen LogP contribution in [0, 0.1) is 26.7 Å². The average Bonchev–Trinajstić information content (AvgIpc) is 2.95. The molecule has 0 radical (unpaired) electrons. The van der Waals surface area contributed by atoms with Gasteiger partial charge in [0.15, 0.2) is 11.8 Å². The van der Waals surface area contributed by atoms with Crippen LogP contribution in [0.15, 0.2) is 40.9 Å². The Labute approximate surface area is 160 Å². The SMILES string of the molecule is Cc1ccc2c(n1)oc1c(-c3cc(C)c(CC(C)C)c[n+]3C)c(C)ccc12. The Balaban J connectivity index is 2.00. The first-order valence-corrected chi connectivity index (χ1v) is 9.64. The van der Waals surface area contributed by atoms with Crippen molar-refractivity contribution in [2.24, 2.45) is 13.0 Å². The Hall–Kier alpha value is -2.68. The number of hydrogen-bond acceptors (Lipinski definition) is 2. The molecule has 0 saturated heterocycles. The van der Waals surface area contributed by atoms with Crippen molar-refractivity contribution in [1.29, 1.82) is 0 Å². The van der Waals surface area contributed by atoms with Gasteiger partial charge in [0.1, 0.15) is 7.05 Å². The fraction of sp³-hybridized carbons (Fsp3) is 0.333. The van der Waals surface area contributed by atoms with Crippen LogP contribution >= 0.6 is 0 Å². The van der Waals surface area contributed by atoms with Crippen molar-refractivity contribution in [2.45, 2.75) is 41.0 Å². The summed E-state index contributed by atoms with van der Waals surface area (Å²) in [5.41, 5.74) is 8.90. The summed E-state index contributed by atoms with van der Waals surface area (Å²) in [7, 11) is 2.13. The van der Waals surface area contributed by atoms with Crippen LogP contribution in [0.4, 0.5) is 0 Å². The highest BCUT2D eigenvalue weighted by Crippen LogP contribution is 2.36. The summed E-state index contributed by atoms with van der Waals surface area (Å²) in [6, 6.07) is 10.8. The second kappa shape index (κ2) is 6.49. The number of aryl methyl sites for hydroxylation is 4. The van der Waals surface area contributed by atoms with E-state index in [1.807, 2.05) is 13.0 Å². The number of benzene rings is 1. The molecule has 0 aliphatic carbocycles. The third-order valence-electron chi connectivity index (χ3n) is 5.33. The van der Waals surface area contributed by atoms with Gasteiger partial charge < -0.3 is 4.42 Å². The van der Waals surface area contributed by atoms with Crippen molar-refractivity contribution in [3.05, 3.63) is 58.9 Å². The molecule has 0 saturated carbocycles. The number of nitrogens with zero attached hydrogens (tertiary/aromatic N) is 2. The lowest BCUT2D eigenvalue weighted by Gasteiger charge is -2.11. The van der Waals surface area contributed by atoms with Gasteiger partial charge in [0.05, 0.1) is 5.56 Å². The van der Waals surface area contributed by atoms with Crippen molar-refractivity contribution in [3.8, 4) is 11.3 Å². The lowest BCUT2D eigenvalue weighted by molar-refractivity contribution is -0.660. The Morgan fingerprint density at radius 2 is 1.74 bits per heavy atom. The maximum absolute atomic E-state index is 6.26. The lowest BCUT2D eigenvalue weighted by atomic mass is 9.96. The molecule has 3 heterocycles. The van der Waals surface area contributed by atoms with Gasteiger partial charge in [0.2, 0.25) is 11.4 Å². The molecule has 1 aromatic carbocycles. The minimum Gasteiger partial charge on any atom is -0.437 e. The second-order valence-electron chi connectivity index (χ2n) is 8.12. The number of aromatic nitrogens is 2. The molecule has 0 atom stereocenters. The molecular formula is C24H27N2O+. The van der Waals surface area contributed by atoms with Gasteiger partial charge in [-0.15, -0.1) is 0 Å². The van der Waals surface area contributed by atoms with Crippen molar-refractivity contribution < 1.29 is 8.98 Å². The Kier molecular flexibility index (Phi) is 4.26. The van der Waals surface area contributed by atoms with Gasteiger partial charge in [-0.1, -0.05) is 26.0 Å². The summed E-state index contributed by atoms with van der Waals surface area (Å²) in [4.78, 5) is 4.59. The fourth-order valence-corrected chi connectivity index (χ4v) is 3.94. The third-order valence-corrected chi connectivity index (χ3v) is 5.33. The molecule has 0 fully saturated rings. The monoisotopic (exact) mass is 359 g/mol. The van der Waals surface area contributed by atoms with E-state index >= 15 is 0 Å². The molecule has 3 heteroatoms. The summed E-state index contributed by atoms with van der Waals surface area (Å²) < 4.78 is 8.50. The van der Waals surface area contributed by atoms with Crippen LogP contribution in [-0.2, 0) is 13.5 Å². The molecule has 4 rings (SSSR count). The zero-order valence-corrected chi connectivity index (χ0v) is 17.1. The van der Waals surface area contributed by atoms with Crippen LogP contribution in [0.2, 0.25) is 0 Å².